The van der Waals surface area contributed by atoms with Gasteiger partial charge in [0.25, 0.3) is 5.91 Å². The lowest BCUT2D eigenvalue weighted by Crippen LogP contribution is -2.39. The molecule has 0 heterocycles. The number of ether oxygens (including phenoxy) is 1. The topological polar surface area (TPSA) is 63.7 Å². The Labute approximate surface area is 165 Å². The minimum atomic E-state index is -3.16. The van der Waals surface area contributed by atoms with E-state index in [2.05, 4.69) is 0 Å². The summed E-state index contributed by atoms with van der Waals surface area (Å²) >= 11 is 5.97. The maximum Gasteiger partial charge on any atom is 0.254 e. The van der Waals surface area contributed by atoms with E-state index in [0.29, 0.717) is 22.9 Å². The highest BCUT2D eigenvalue weighted by molar-refractivity contribution is 7.91. The third kappa shape index (κ3) is 6.26. The fourth-order valence-corrected chi connectivity index (χ4v) is 3.92. The molecule has 7 heteroatoms. The molecule has 0 bridgehead atoms. The molecule has 0 aromatic heterocycles. The number of hydrogen-bond acceptors (Lipinski definition) is 4. The molecular weight excluding hydrogens is 386 g/mol. The maximum absolute atomic E-state index is 12.7. The van der Waals surface area contributed by atoms with Crippen molar-refractivity contribution in [3.8, 4) is 5.75 Å². The van der Waals surface area contributed by atoms with Gasteiger partial charge in [0.2, 0.25) is 0 Å². The van der Waals surface area contributed by atoms with Gasteiger partial charge in [-0.15, -0.1) is 0 Å². The summed E-state index contributed by atoms with van der Waals surface area (Å²) in [7, 11) is -1.55. The summed E-state index contributed by atoms with van der Waals surface area (Å²) in [6, 6.07) is 13.8. The lowest BCUT2D eigenvalue weighted by molar-refractivity contribution is 0.0756. The highest BCUT2D eigenvalue weighted by atomic mass is 35.5. The Morgan fingerprint density at radius 1 is 1.19 bits per heavy atom. The summed E-state index contributed by atoms with van der Waals surface area (Å²) in [6.45, 7) is 3.66. The molecule has 2 rings (SSSR count). The summed E-state index contributed by atoms with van der Waals surface area (Å²) in [5.41, 5.74) is 1.37. The number of carbonyl (C=O) groups excluding carboxylic acids is 1. The van der Waals surface area contributed by atoms with Crippen LogP contribution in [0.1, 0.15) is 29.8 Å². The molecule has 1 unspecified atom stereocenters. The first-order chi connectivity index (χ1) is 12.7. The maximum atomic E-state index is 12.7. The van der Waals surface area contributed by atoms with E-state index in [9.17, 15) is 13.2 Å². The number of nitrogens with zero attached hydrogens (tertiary/aromatic N) is 1. The molecule has 1 amide bonds. The van der Waals surface area contributed by atoms with Crippen LogP contribution in [-0.2, 0) is 16.4 Å². The first kappa shape index (κ1) is 21.3. The van der Waals surface area contributed by atoms with Gasteiger partial charge in [-0.3, -0.25) is 4.79 Å². The zero-order valence-corrected chi connectivity index (χ0v) is 17.3. The van der Waals surface area contributed by atoms with Crippen molar-refractivity contribution < 1.29 is 17.9 Å². The first-order valence-corrected chi connectivity index (χ1v) is 10.9. The molecule has 0 saturated carbocycles. The predicted octanol–water partition coefficient (Wildman–Crippen LogP) is 3.81. The smallest absolute Gasteiger partial charge is 0.254 e. The van der Waals surface area contributed by atoms with Crippen molar-refractivity contribution in [1.29, 1.82) is 0 Å². The molecule has 146 valence electrons. The molecule has 0 N–H and O–H groups in total. The van der Waals surface area contributed by atoms with Gasteiger partial charge in [0.15, 0.2) is 9.84 Å². The second-order valence-corrected chi connectivity index (χ2v) is 9.24. The highest BCUT2D eigenvalue weighted by Gasteiger charge is 2.22. The van der Waals surface area contributed by atoms with E-state index in [1.54, 1.807) is 51.2 Å². The largest absolute Gasteiger partial charge is 0.489 e. The number of rotatable bonds is 8. The SMILES string of the molecule is CCS(=O)(=O)CC(C)N(C)C(=O)c1cccc(OCc2cccc(Cl)c2)c1. The van der Waals surface area contributed by atoms with E-state index in [-0.39, 0.29) is 17.4 Å². The Bertz CT molecular complexity index is 898. The molecule has 0 aliphatic heterocycles. The number of amides is 1. The summed E-state index contributed by atoms with van der Waals surface area (Å²) in [5, 5.41) is 0.637. The summed E-state index contributed by atoms with van der Waals surface area (Å²) in [4.78, 5) is 14.1. The molecule has 0 aliphatic rings. The van der Waals surface area contributed by atoms with Gasteiger partial charge in [0.05, 0.1) is 5.75 Å². The van der Waals surface area contributed by atoms with Gasteiger partial charge in [-0.1, -0.05) is 36.7 Å². The van der Waals surface area contributed by atoms with Gasteiger partial charge in [0, 0.05) is 29.4 Å². The fraction of sp³-hybridized carbons (Fsp3) is 0.350. The quantitative estimate of drug-likeness (QED) is 0.665. The van der Waals surface area contributed by atoms with Crippen LogP contribution in [0.3, 0.4) is 0 Å². The Hall–Kier alpha value is -2.05. The molecule has 0 aliphatic carbocycles. The molecule has 0 saturated heterocycles. The van der Waals surface area contributed by atoms with Crippen molar-refractivity contribution in [1.82, 2.24) is 4.90 Å². The Morgan fingerprint density at radius 3 is 2.56 bits per heavy atom. The second kappa shape index (κ2) is 9.24. The average Bonchev–Trinajstić information content (AvgIpc) is 2.65. The van der Waals surface area contributed by atoms with Crippen LogP contribution in [-0.4, -0.2) is 43.8 Å². The predicted molar refractivity (Wildman–Crippen MR) is 108 cm³/mol. The zero-order valence-electron chi connectivity index (χ0n) is 15.7. The Morgan fingerprint density at radius 2 is 1.89 bits per heavy atom. The second-order valence-electron chi connectivity index (χ2n) is 6.41. The summed E-state index contributed by atoms with van der Waals surface area (Å²) in [6.07, 6.45) is 0. The van der Waals surface area contributed by atoms with Gasteiger partial charge >= 0.3 is 0 Å². The number of halogens is 1. The Kier molecular flexibility index (Phi) is 7.27. The van der Waals surface area contributed by atoms with Crippen molar-refractivity contribution in [2.75, 3.05) is 18.6 Å². The van der Waals surface area contributed by atoms with E-state index >= 15 is 0 Å². The molecule has 27 heavy (non-hydrogen) atoms. The molecule has 2 aromatic rings. The van der Waals surface area contributed by atoms with Crippen LogP contribution in [0.2, 0.25) is 5.02 Å². The summed E-state index contributed by atoms with van der Waals surface area (Å²) in [5.74, 6) is 0.313. The Balaban J connectivity index is 2.05. The van der Waals surface area contributed by atoms with E-state index in [0.717, 1.165) is 5.56 Å². The van der Waals surface area contributed by atoms with Crippen molar-refractivity contribution in [2.45, 2.75) is 26.5 Å². The lowest BCUT2D eigenvalue weighted by atomic mass is 10.1. The van der Waals surface area contributed by atoms with Crippen LogP contribution < -0.4 is 4.74 Å². The van der Waals surface area contributed by atoms with Crippen molar-refractivity contribution >= 4 is 27.3 Å². The van der Waals surface area contributed by atoms with Gasteiger partial charge < -0.3 is 9.64 Å². The number of sulfone groups is 1. The van der Waals surface area contributed by atoms with Gasteiger partial charge in [-0.05, 0) is 42.8 Å². The molecule has 5 nitrogen and oxygen atoms in total. The van der Waals surface area contributed by atoms with E-state index in [1.807, 2.05) is 18.2 Å². The number of hydrogen-bond donors (Lipinski definition) is 0. The number of benzene rings is 2. The van der Waals surface area contributed by atoms with Gasteiger partial charge in [0.1, 0.15) is 12.4 Å². The van der Waals surface area contributed by atoms with Crippen molar-refractivity contribution in [3.63, 3.8) is 0 Å². The fourth-order valence-electron chi connectivity index (χ4n) is 2.51. The molecule has 1 atom stereocenters. The van der Waals surface area contributed by atoms with Crippen LogP contribution in [0.4, 0.5) is 0 Å². The summed E-state index contributed by atoms with van der Waals surface area (Å²) < 4.78 is 29.4. The van der Waals surface area contributed by atoms with Crippen LogP contribution in [0.5, 0.6) is 5.75 Å². The first-order valence-electron chi connectivity index (χ1n) is 8.66. The monoisotopic (exact) mass is 409 g/mol. The zero-order chi connectivity index (χ0) is 20.0. The standard InChI is InChI=1S/C20H24ClNO4S/c1-4-27(24,25)14-15(2)22(3)20(23)17-8-6-10-19(12-17)26-13-16-7-5-9-18(21)11-16/h5-12,15H,4,13-14H2,1-3H3. The van der Waals surface area contributed by atoms with Crippen LogP contribution in [0.25, 0.3) is 0 Å². The van der Waals surface area contributed by atoms with Gasteiger partial charge in [-0.2, -0.15) is 0 Å². The minimum Gasteiger partial charge on any atom is -0.489 e. The van der Waals surface area contributed by atoms with Crippen LogP contribution in [0, 0.1) is 0 Å². The number of carbonyl (C=O) groups is 1. The van der Waals surface area contributed by atoms with Crippen molar-refractivity contribution in [3.05, 3.63) is 64.7 Å². The van der Waals surface area contributed by atoms with Crippen LogP contribution >= 0.6 is 11.6 Å². The molecule has 0 spiro atoms. The molecule has 2 aromatic carbocycles. The normalized spacial score (nSPS) is 12.4. The lowest BCUT2D eigenvalue weighted by Gasteiger charge is -2.25. The molecule has 0 fully saturated rings. The van der Waals surface area contributed by atoms with E-state index in [4.69, 9.17) is 16.3 Å². The highest BCUT2D eigenvalue weighted by Crippen LogP contribution is 2.18. The van der Waals surface area contributed by atoms with E-state index in [1.165, 1.54) is 4.90 Å². The molecule has 0 radical (unpaired) electrons. The third-order valence-electron chi connectivity index (χ3n) is 4.29. The van der Waals surface area contributed by atoms with Crippen LogP contribution in [0.15, 0.2) is 48.5 Å². The minimum absolute atomic E-state index is 0.0588. The molecular formula is C20H24ClNO4S. The third-order valence-corrected chi connectivity index (χ3v) is 6.40. The van der Waals surface area contributed by atoms with E-state index < -0.39 is 15.9 Å². The average molecular weight is 410 g/mol. The van der Waals surface area contributed by atoms with Gasteiger partial charge in [-0.25, -0.2) is 8.42 Å². The van der Waals surface area contributed by atoms with Crippen molar-refractivity contribution in [2.24, 2.45) is 0 Å².